The largest absolute Gasteiger partial charge is 0.376 e. The summed E-state index contributed by atoms with van der Waals surface area (Å²) < 4.78 is 7.14. The molecule has 2 aromatic carbocycles. The summed E-state index contributed by atoms with van der Waals surface area (Å²) in [5, 5.41) is 10.7. The molecule has 120 valence electrons. The molecule has 0 spiro atoms. The van der Waals surface area contributed by atoms with Crippen molar-refractivity contribution >= 4 is 11.6 Å². The normalized spacial score (nSPS) is 13.3. The Bertz CT molecular complexity index is 874. The van der Waals surface area contributed by atoms with Gasteiger partial charge in [0.05, 0.1) is 31.3 Å². The van der Waals surface area contributed by atoms with Crippen LogP contribution in [0.2, 0.25) is 0 Å². The second-order valence-electron chi connectivity index (χ2n) is 5.60. The third-order valence-corrected chi connectivity index (χ3v) is 4.08. The van der Waals surface area contributed by atoms with Crippen LogP contribution in [0.1, 0.15) is 21.5 Å². The zero-order valence-electron chi connectivity index (χ0n) is 13.0. The summed E-state index contributed by atoms with van der Waals surface area (Å²) in [7, 11) is 0. The number of carbonyl (C=O) groups excluding carboxylic acids is 1. The van der Waals surface area contributed by atoms with E-state index in [4.69, 9.17) is 4.74 Å². The molecule has 3 aromatic rings. The van der Waals surface area contributed by atoms with E-state index in [0.29, 0.717) is 12.2 Å². The van der Waals surface area contributed by atoms with Gasteiger partial charge < -0.3 is 10.1 Å². The molecule has 1 amide bonds. The molecule has 2 heterocycles. The Morgan fingerprint density at radius 1 is 1.21 bits per heavy atom. The molecule has 1 N–H and O–H groups in total. The standard InChI is InChI=1S/C18H16N4O2/c23-18(14-4-1-5-15(11-14)22-9-8-19-21-22)20-17-6-2-3-13-7-10-24-12-16(13)17/h1-6,8-9,11H,7,10,12H2,(H,20,23). The third kappa shape index (κ3) is 2.79. The first kappa shape index (κ1) is 14.6. The Morgan fingerprint density at radius 3 is 3.00 bits per heavy atom. The van der Waals surface area contributed by atoms with Crippen molar-refractivity contribution < 1.29 is 9.53 Å². The van der Waals surface area contributed by atoms with Crippen molar-refractivity contribution in [2.45, 2.75) is 13.0 Å². The van der Waals surface area contributed by atoms with Crippen LogP contribution < -0.4 is 5.32 Å². The molecule has 6 nitrogen and oxygen atoms in total. The predicted octanol–water partition coefficient (Wildman–Crippen LogP) is 2.59. The number of hydrogen-bond donors (Lipinski definition) is 1. The van der Waals surface area contributed by atoms with Gasteiger partial charge in [0.15, 0.2) is 0 Å². The monoisotopic (exact) mass is 320 g/mol. The van der Waals surface area contributed by atoms with Gasteiger partial charge in [0, 0.05) is 16.8 Å². The van der Waals surface area contributed by atoms with Crippen molar-refractivity contribution in [2.24, 2.45) is 0 Å². The average molecular weight is 320 g/mol. The Hall–Kier alpha value is -2.99. The molecule has 0 radical (unpaired) electrons. The molecule has 0 saturated heterocycles. The first-order valence-corrected chi connectivity index (χ1v) is 7.78. The third-order valence-electron chi connectivity index (χ3n) is 4.08. The molecule has 1 aliphatic heterocycles. The van der Waals surface area contributed by atoms with Gasteiger partial charge in [0.2, 0.25) is 0 Å². The van der Waals surface area contributed by atoms with Crippen LogP contribution >= 0.6 is 0 Å². The summed E-state index contributed by atoms with van der Waals surface area (Å²) in [6, 6.07) is 13.2. The van der Waals surface area contributed by atoms with E-state index in [9.17, 15) is 4.79 Å². The van der Waals surface area contributed by atoms with Crippen molar-refractivity contribution in [1.82, 2.24) is 15.0 Å². The highest BCUT2D eigenvalue weighted by atomic mass is 16.5. The molecule has 1 aliphatic rings. The van der Waals surface area contributed by atoms with Crippen molar-refractivity contribution in [3.63, 3.8) is 0 Å². The molecule has 0 bridgehead atoms. The molecule has 0 saturated carbocycles. The highest BCUT2D eigenvalue weighted by Crippen LogP contribution is 2.25. The lowest BCUT2D eigenvalue weighted by Crippen LogP contribution is -2.17. The van der Waals surface area contributed by atoms with Crippen LogP contribution in [0.25, 0.3) is 5.69 Å². The molecule has 0 unspecified atom stereocenters. The number of rotatable bonds is 3. The number of ether oxygens (including phenoxy) is 1. The van der Waals surface area contributed by atoms with Crippen LogP contribution in [-0.2, 0) is 17.8 Å². The van der Waals surface area contributed by atoms with Crippen molar-refractivity contribution in [2.75, 3.05) is 11.9 Å². The molecule has 0 fully saturated rings. The highest BCUT2D eigenvalue weighted by molar-refractivity contribution is 6.05. The van der Waals surface area contributed by atoms with Crippen LogP contribution in [-0.4, -0.2) is 27.5 Å². The maximum atomic E-state index is 12.6. The first-order valence-electron chi connectivity index (χ1n) is 7.78. The van der Waals surface area contributed by atoms with Gasteiger partial charge in [-0.15, -0.1) is 5.10 Å². The van der Waals surface area contributed by atoms with Crippen LogP contribution in [0.5, 0.6) is 0 Å². The van der Waals surface area contributed by atoms with Crippen molar-refractivity contribution in [3.8, 4) is 5.69 Å². The fourth-order valence-electron chi connectivity index (χ4n) is 2.84. The SMILES string of the molecule is O=C(Nc1cccc2c1COCC2)c1cccc(-n2ccnn2)c1. The number of aromatic nitrogens is 3. The smallest absolute Gasteiger partial charge is 0.255 e. The van der Waals surface area contributed by atoms with Crippen molar-refractivity contribution in [1.29, 1.82) is 0 Å². The van der Waals surface area contributed by atoms with E-state index >= 15 is 0 Å². The molecular weight excluding hydrogens is 304 g/mol. The Balaban J connectivity index is 1.60. The Labute approximate surface area is 139 Å². The maximum Gasteiger partial charge on any atom is 0.255 e. The first-order chi connectivity index (χ1) is 11.8. The number of benzene rings is 2. The van der Waals surface area contributed by atoms with E-state index in [1.54, 1.807) is 29.2 Å². The van der Waals surface area contributed by atoms with Gasteiger partial charge in [-0.3, -0.25) is 4.79 Å². The van der Waals surface area contributed by atoms with Gasteiger partial charge in [-0.2, -0.15) is 0 Å². The summed E-state index contributed by atoms with van der Waals surface area (Å²) in [5.41, 5.74) is 4.46. The Kier molecular flexibility index (Phi) is 3.80. The second-order valence-corrected chi connectivity index (χ2v) is 5.60. The van der Waals surface area contributed by atoms with Gasteiger partial charge in [-0.05, 0) is 36.2 Å². The van der Waals surface area contributed by atoms with Crippen LogP contribution in [0.4, 0.5) is 5.69 Å². The fourth-order valence-corrected chi connectivity index (χ4v) is 2.84. The zero-order chi connectivity index (χ0) is 16.4. The van der Waals surface area contributed by atoms with E-state index in [0.717, 1.165) is 30.0 Å². The predicted molar refractivity (Wildman–Crippen MR) is 89.1 cm³/mol. The maximum absolute atomic E-state index is 12.6. The minimum absolute atomic E-state index is 0.157. The molecule has 4 rings (SSSR count). The van der Waals surface area contributed by atoms with Crippen LogP contribution in [0.3, 0.4) is 0 Å². The lowest BCUT2D eigenvalue weighted by atomic mass is 10.0. The molecule has 1 aromatic heterocycles. The quantitative estimate of drug-likeness (QED) is 0.805. The minimum atomic E-state index is -0.157. The summed E-state index contributed by atoms with van der Waals surface area (Å²) in [6.45, 7) is 1.26. The minimum Gasteiger partial charge on any atom is -0.376 e. The van der Waals surface area contributed by atoms with Gasteiger partial charge in [-0.25, -0.2) is 4.68 Å². The number of nitrogens with one attached hydrogen (secondary N) is 1. The van der Waals surface area contributed by atoms with Gasteiger partial charge in [-0.1, -0.05) is 23.4 Å². The molecule has 0 aliphatic carbocycles. The number of carbonyl (C=O) groups is 1. The Morgan fingerprint density at radius 2 is 2.12 bits per heavy atom. The zero-order valence-corrected chi connectivity index (χ0v) is 13.0. The lowest BCUT2D eigenvalue weighted by Gasteiger charge is -2.20. The fraction of sp³-hybridized carbons (Fsp3) is 0.167. The average Bonchev–Trinajstić information content (AvgIpc) is 3.17. The summed E-state index contributed by atoms with van der Waals surface area (Å²) >= 11 is 0. The number of fused-ring (bicyclic) bond motifs is 1. The van der Waals surface area contributed by atoms with Crippen LogP contribution in [0, 0.1) is 0 Å². The van der Waals surface area contributed by atoms with Gasteiger partial charge in [0.1, 0.15) is 0 Å². The number of hydrogen-bond acceptors (Lipinski definition) is 4. The van der Waals surface area contributed by atoms with Crippen LogP contribution in [0.15, 0.2) is 54.9 Å². The number of nitrogens with zero attached hydrogens (tertiary/aromatic N) is 3. The van der Waals surface area contributed by atoms with E-state index in [1.165, 1.54) is 5.56 Å². The van der Waals surface area contributed by atoms with Gasteiger partial charge in [0.25, 0.3) is 5.91 Å². The number of anilines is 1. The summed E-state index contributed by atoms with van der Waals surface area (Å²) in [4.78, 5) is 12.6. The van der Waals surface area contributed by atoms with E-state index in [-0.39, 0.29) is 5.91 Å². The molecule has 24 heavy (non-hydrogen) atoms. The van der Waals surface area contributed by atoms with E-state index in [2.05, 4.69) is 21.7 Å². The number of amides is 1. The lowest BCUT2D eigenvalue weighted by molar-refractivity contribution is 0.102. The highest BCUT2D eigenvalue weighted by Gasteiger charge is 2.15. The van der Waals surface area contributed by atoms with E-state index < -0.39 is 0 Å². The van der Waals surface area contributed by atoms with Gasteiger partial charge >= 0.3 is 0 Å². The van der Waals surface area contributed by atoms with Crippen molar-refractivity contribution in [3.05, 3.63) is 71.5 Å². The topological polar surface area (TPSA) is 69.0 Å². The second kappa shape index (κ2) is 6.25. The summed E-state index contributed by atoms with van der Waals surface area (Å²) in [6.07, 6.45) is 4.21. The summed E-state index contributed by atoms with van der Waals surface area (Å²) in [5.74, 6) is -0.157. The molecule has 6 heteroatoms. The van der Waals surface area contributed by atoms with E-state index in [1.807, 2.05) is 24.3 Å². The molecular formula is C18H16N4O2. The molecule has 0 atom stereocenters.